The standard InChI is InChI=1S/C18H25N3/c1-14-9-8-12-17(20-14)13-21(4)15(2)18(19-3)16-10-6-5-7-11-16/h5-12,15,18-19H,13H2,1-4H3. The minimum atomic E-state index is 0.306. The molecule has 1 aromatic heterocycles. The van der Waals surface area contributed by atoms with Crippen molar-refractivity contribution in [3.63, 3.8) is 0 Å². The van der Waals surface area contributed by atoms with E-state index < -0.39 is 0 Å². The molecule has 0 radical (unpaired) electrons. The summed E-state index contributed by atoms with van der Waals surface area (Å²) in [6, 6.07) is 17.5. The molecule has 2 aromatic rings. The molecule has 21 heavy (non-hydrogen) atoms. The van der Waals surface area contributed by atoms with E-state index in [-0.39, 0.29) is 0 Å². The molecule has 0 aliphatic heterocycles. The molecule has 3 nitrogen and oxygen atoms in total. The van der Waals surface area contributed by atoms with E-state index in [2.05, 4.69) is 71.6 Å². The first-order valence-corrected chi connectivity index (χ1v) is 7.47. The van der Waals surface area contributed by atoms with Crippen LogP contribution in [0, 0.1) is 6.92 Å². The smallest absolute Gasteiger partial charge is 0.0547 e. The lowest BCUT2D eigenvalue weighted by atomic mass is 9.99. The SMILES string of the molecule is CNC(c1ccccc1)C(C)N(C)Cc1cccc(C)n1. The van der Waals surface area contributed by atoms with Crippen molar-refractivity contribution >= 4 is 0 Å². The Labute approximate surface area is 128 Å². The van der Waals surface area contributed by atoms with Crippen LogP contribution in [0.5, 0.6) is 0 Å². The Bertz CT molecular complexity index is 553. The average Bonchev–Trinajstić information content (AvgIpc) is 2.49. The molecule has 2 unspecified atom stereocenters. The summed E-state index contributed by atoms with van der Waals surface area (Å²) in [5.41, 5.74) is 3.51. The summed E-state index contributed by atoms with van der Waals surface area (Å²) in [4.78, 5) is 6.93. The third kappa shape index (κ3) is 4.13. The van der Waals surface area contributed by atoms with Crippen LogP contribution >= 0.6 is 0 Å². The Morgan fingerprint density at radius 2 is 1.81 bits per heavy atom. The fourth-order valence-corrected chi connectivity index (χ4v) is 2.69. The summed E-state index contributed by atoms with van der Waals surface area (Å²) < 4.78 is 0. The van der Waals surface area contributed by atoms with Gasteiger partial charge < -0.3 is 5.32 Å². The zero-order valence-corrected chi connectivity index (χ0v) is 13.4. The summed E-state index contributed by atoms with van der Waals surface area (Å²) in [6.07, 6.45) is 0. The van der Waals surface area contributed by atoms with Crippen molar-refractivity contribution in [1.82, 2.24) is 15.2 Å². The number of benzene rings is 1. The molecule has 0 aliphatic carbocycles. The average molecular weight is 283 g/mol. The lowest BCUT2D eigenvalue weighted by molar-refractivity contribution is 0.202. The maximum atomic E-state index is 4.59. The highest BCUT2D eigenvalue weighted by Gasteiger charge is 2.21. The predicted octanol–water partition coefficient (Wildman–Crippen LogP) is 3.17. The van der Waals surface area contributed by atoms with E-state index in [4.69, 9.17) is 0 Å². The van der Waals surface area contributed by atoms with Gasteiger partial charge in [-0.3, -0.25) is 9.88 Å². The summed E-state index contributed by atoms with van der Waals surface area (Å²) in [5.74, 6) is 0. The van der Waals surface area contributed by atoms with Gasteiger partial charge >= 0.3 is 0 Å². The van der Waals surface area contributed by atoms with Gasteiger partial charge in [0.05, 0.1) is 5.69 Å². The van der Waals surface area contributed by atoms with Crippen molar-refractivity contribution < 1.29 is 0 Å². The van der Waals surface area contributed by atoms with Gasteiger partial charge in [-0.05, 0) is 45.6 Å². The molecule has 0 fully saturated rings. The van der Waals surface area contributed by atoms with E-state index in [0.29, 0.717) is 12.1 Å². The normalized spacial score (nSPS) is 14.1. The minimum Gasteiger partial charge on any atom is -0.312 e. The van der Waals surface area contributed by atoms with Crippen molar-refractivity contribution in [3.05, 3.63) is 65.5 Å². The molecule has 0 spiro atoms. The van der Waals surface area contributed by atoms with Crippen LogP contribution in [0.25, 0.3) is 0 Å². The van der Waals surface area contributed by atoms with Gasteiger partial charge in [0.2, 0.25) is 0 Å². The summed E-state index contributed by atoms with van der Waals surface area (Å²) in [5, 5.41) is 3.43. The van der Waals surface area contributed by atoms with Crippen LogP contribution in [0.2, 0.25) is 0 Å². The number of likely N-dealkylation sites (N-methyl/N-ethyl adjacent to an activating group) is 2. The Morgan fingerprint density at radius 1 is 1.10 bits per heavy atom. The van der Waals surface area contributed by atoms with E-state index in [1.54, 1.807) is 0 Å². The summed E-state index contributed by atoms with van der Waals surface area (Å²) in [6.45, 7) is 5.14. The van der Waals surface area contributed by atoms with Crippen LogP contribution in [-0.4, -0.2) is 30.0 Å². The predicted molar refractivity (Wildman–Crippen MR) is 88.1 cm³/mol. The van der Waals surface area contributed by atoms with Gasteiger partial charge in [0, 0.05) is 24.3 Å². The number of hydrogen-bond donors (Lipinski definition) is 1. The Kier molecular flexibility index (Phi) is 5.48. The van der Waals surface area contributed by atoms with Crippen molar-refractivity contribution in [2.45, 2.75) is 32.5 Å². The van der Waals surface area contributed by atoms with E-state index >= 15 is 0 Å². The van der Waals surface area contributed by atoms with Gasteiger partial charge in [-0.2, -0.15) is 0 Å². The van der Waals surface area contributed by atoms with Crippen LogP contribution in [0.3, 0.4) is 0 Å². The molecule has 0 bridgehead atoms. The van der Waals surface area contributed by atoms with Gasteiger partial charge in [-0.15, -0.1) is 0 Å². The maximum absolute atomic E-state index is 4.59. The zero-order chi connectivity index (χ0) is 15.2. The van der Waals surface area contributed by atoms with E-state index in [0.717, 1.165) is 17.9 Å². The third-order valence-corrected chi connectivity index (χ3v) is 4.00. The van der Waals surface area contributed by atoms with Crippen molar-refractivity contribution in [2.24, 2.45) is 0 Å². The molecule has 112 valence electrons. The first kappa shape index (κ1) is 15.7. The Balaban J connectivity index is 2.08. The molecule has 2 atom stereocenters. The summed E-state index contributed by atoms with van der Waals surface area (Å²) in [7, 11) is 4.18. The van der Waals surface area contributed by atoms with Gasteiger partial charge in [0.25, 0.3) is 0 Å². The first-order valence-electron chi connectivity index (χ1n) is 7.47. The van der Waals surface area contributed by atoms with Crippen molar-refractivity contribution in [3.8, 4) is 0 Å². The summed E-state index contributed by atoms with van der Waals surface area (Å²) >= 11 is 0. The number of aryl methyl sites for hydroxylation is 1. The second-order valence-electron chi connectivity index (χ2n) is 5.60. The molecule has 0 saturated carbocycles. The highest BCUT2D eigenvalue weighted by molar-refractivity contribution is 5.20. The molecule has 1 N–H and O–H groups in total. The Hall–Kier alpha value is -1.71. The number of rotatable bonds is 6. The van der Waals surface area contributed by atoms with Crippen LogP contribution in [0.4, 0.5) is 0 Å². The van der Waals surface area contributed by atoms with Gasteiger partial charge in [-0.25, -0.2) is 0 Å². The van der Waals surface area contributed by atoms with Crippen LogP contribution in [-0.2, 0) is 6.54 Å². The van der Waals surface area contributed by atoms with Crippen LogP contribution < -0.4 is 5.32 Å². The highest BCUT2D eigenvalue weighted by Crippen LogP contribution is 2.20. The minimum absolute atomic E-state index is 0.306. The van der Waals surface area contributed by atoms with Gasteiger partial charge in [0.15, 0.2) is 0 Å². The van der Waals surface area contributed by atoms with Crippen LogP contribution in [0.15, 0.2) is 48.5 Å². The molecule has 1 aromatic carbocycles. The fourth-order valence-electron chi connectivity index (χ4n) is 2.69. The highest BCUT2D eigenvalue weighted by atomic mass is 15.2. The third-order valence-electron chi connectivity index (χ3n) is 4.00. The molecule has 0 aliphatic rings. The molecule has 1 heterocycles. The lowest BCUT2D eigenvalue weighted by Crippen LogP contribution is -2.39. The van der Waals surface area contributed by atoms with Crippen molar-refractivity contribution in [2.75, 3.05) is 14.1 Å². The number of pyridine rings is 1. The molecular formula is C18H25N3. The zero-order valence-electron chi connectivity index (χ0n) is 13.4. The number of aromatic nitrogens is 1. The van der Waals surface area contributed by atoms with E-state index in [1.807, 2.05) is 20.0 Å². The molecule has 3 heteroatoms. The Morgan fingerprint density at radius 3 is 2.43 bits per heavy atom. The van der Waals surface area contributed by atoms with Gasteiger partial charge in [0.1, 0.15) is 0 Å². The molecular weight excluding hydrogens is 258 g/mol. The second-order valence-corrected chi connectivity index (χ2v) is 5.60. The quantitative estimate of drug-likeness (QED) is 0.882. The monoisotopic (exact) mass is 283 g/mol. The molecule has 2 rings (SSSR count). The maximum Gasteiger partial charge on any atom is 0.0547 e. The number of hydrogen-bond acceptors (Lipinski definition) is 3. The first-order chi connectivity index (χ1) is 10.1. The molecule has 0 saturated heterocycles. The van der Waals surface area contributed by atoms with Crippen LogP contribution in [0.1, 0.15) is 29.9 Å². The lowest BCUT2D eigenvalue weighted by Gasteiger charge is -2.32. The van der Waals surface area contributed by atoms with E-state index in [1.165, 1.54) is 5.56 Å². The fraction of sp³-hybridized carbons (Fsp3) is 0.389. The number of nitrogens with zero attached hydrogens (tertiary/aromatic N) is 2. The number of nitrogens with one attached hydrogen (secondary N) is 1. The second kappa shape index (κ2) is 7.34. The largest absolute Gasteiger partial charge is 0.312 e. The molecule has 0 amide bonds. The van der Waals surface area contributed by atoms with E-state index in [9.17, 15) is 0 Å². The van der Waals surface area contributed by atoms with Gasteiger partial charge in [-0.1, -0.05) is 36.4 Å². The van der Waals surface area contributed by atoms with Crippen molar-refractivity contribution in [1.29, 1.82) is 0 Å². The topological polar surface area (TPSA) is 28.2 Å².